The van der Waals surface area contributed by atoms with Crippen molar-refractivity contribution < 1.29 is 14.4 Å². The molecule has 0 aromatic heterocycles. The van der Waals surface area contributed by atoms with Crippen molar-refractivity contribution in [3.05, 3.63) is 94.5 Å². The summed E-state index contributed by atoms with van der Waals surface area (Å²) in [6, 6.07) is 20.5. The van der Waals surface area contributed by atoms with Crippen molar-refractivity contribution in [1.82, 2.24) is 5.43 Å². The van der Waals surface area contributed by atoms with E-state index in [-0.39, 0.29) is 11.3 Å². The zero-order chi connectivity index (χ0) is 22.2. The molecule has 0 saturated heterocycles. The number of amides is 3. The number of nitrogens with zero attached hydrogens (tertiary/aromatic N) is 1. The van der Waals surface area contributed by atoms with Gasteiger partial charge in [-0.05, 0) is 48.9 Å². The maximum Gasteiger partial charge on any atom is 0.329 e. The van der Waals surface area contributed by atoms with Crippen LogP contribution in [0.3, 0.4) is 0 Å². The molecule has 0 saturated carbocycles. The molecule has 0 heterocycles. The molecule has 3 N–H and O–H groups in total. The van der Waals surface area contributed by atoms with Gasteiger partial charge in [0.05, 0.1) is 17.5 Å². The number of carbonyl (C=O) groups excluding carboxylic acids is 3. The lowest BCUT2D eigenvalue weighted by Crippen LogP contribution is -2.33. The molecule has 0 radical (unpaired) electrons. The molecule has 7 nitrogen and oxygen atoms in total. The molecule has 3 aromatic rings. The molecule has 0 aliphatic carbocycles. The molecule has 0 aliphatic heterocycles. The normalized spacial score (nSPS) is 10.5. The Morgan fingerprint density at radius 2 is 1.52 bits per heavy atom. The topological polar surface area (TPSA) is 99.7 Å². The summed E-state index contributed by atoms with van der Waals surface area (Å²) in [7, 11) is 0. The van der Waals surface area contributed by atoms with E-state index in [2.05, 4.69) is 21.2 Å². The number of aryl methyl sites for hydroxylation is 1. The lowest BCUT2D eigenvalue weighted by molar-refractivity contribution is -0.136. The molecule has 0 atom stereocenters. The molecule has 31 heavy (non-hydrogen) atoms. The van der Waals surface area contributed by atoms with Crippen LogP contribution in [0.2, 0.25) is 5.02 Å². The van der Waals surface area contributed by atoms with E-state index in [1.165, 1.54) is 12.3 Å². The quantitative estimate of drug-likeness (QED) is 0.321. The Bertz CT molecular complexity index is 1130. The van der Waals surface area contributed by atoms with E-state index in [4.69, 9.17) is 11.6 Å². The Morgan fingerprint density at radius 3 is 2.23 bits per heavy atom. The van der Waals surface area contributed by atoms with Gasteiger partial charge in [-0.25, -0.2) is 5.43 Å². The molecular weight excluding hydrogens is 416 g/mol. The fraction of sp³-hybridized carbons (Fsp3) is 0.0435. The average Bonchev–Trinajstić information content (AvgIpc) is 2.77. The smallest absolute Gasteiger partial charge is 0.322 e. The second-order valence-electron chi connectivity index (χ2n) is 6.57. The molecule has 0 unspecified atom stereocenters. The highest BCUT2D eigenvalue weighted by atomic mass is 35.5. The molecule has 156 valence electrons. The van der Waals surface area contributed by atoms with Crippen molar-refractivity contribution in [1.29, 1.82) is 0 Å². The van der Waals surface area contributed by atoms with Gasteiger partial charge in [-0.3, -0.25) is 14.4 Å². The first-order chi connectivity index (χ1) is 14.9. The number of rotatable bonds is 5. The van der Waals surface area contributed by atoms with Crippen LogP contribution in [0, 0.1) is 6.92 Å². The number of halogens is 1. The second kappa shape index (κ2) is 10.2. The maximum atomic E-state index is 12.6. The Labute approximate surface area is 184 Å². The molecule has 0 spiro atoms. The zero-order valence-electron chi connectivity index (χ0n) is 16.6. The molecule has 0 fully saturated rings. The van der Waals surface area contributed by atoms with Crippen LogP contribution < -0.4 is 16.1 Å². The highest BCUT2D eigenvalue weighted by molar-refractivity contribution is 6.40. The maximum absolute atomic E-state index is 12.6. The lowest BCUT2D eigenvalue weighted by Gasteiger charge is -2.11. The van der Waals surface area contributed by atoms with E-state index in [1.807, 2.05) is 19.1 Å². The number of carbonyl (C=O) groups is 3. The summed E-state index contributed by atoms with van der Waals surface area (Å²) in [4.78, 5) is 36.9. The molecule has 3 aromatic carbocycles. The van der Waals surface area contributed by atoms with Gasteiger partial charge in [0, 0.05) is 10.7 Å². The van der Waals surface area contributed by atoms with Crippen molar-refractivity contribution in [3.8, 4) is 0 Å². The van der Waals surface area contributed by atoms with E-state index in [0.29, 0.717) is 16.3 Å². The summed E-state index contributed by atoms with van der Waals surface area (Å²) in [5, 5.41) is 9.52. The van der Waals surface area contributed by atoms with Crippen LogP contribution in [0.25, 0.3) is 0 Å². The number of para-hydroxylation sites is 1. The van der Waals surface area contributed by atoms with E-state index in [0.717, 1.165) is 5.56 Å². The van der Waals surface area contributed by atoms with Crippen LogP contribution >= 0.6 is 11.6 Å². The van der Waals surface area contributed by atoms with E-state index >= 15 is 0 Å². The highest BCUT2D eigenvalue weighted by Gasteiger charge is 2.17. The number of hydrogen-bond donors (Lipinski definition) is 3. The summed E-state index contributed by atoms with van der Waals surface area (Å²) in [5.74, 6) is -2.34. The standard InChI is InChI=1S/C23H19ClN4O3/c1-15-6-12-18(13-7-15)26-21(29)19-4-2-3-5-20(19)27-22(30)23(31)28-25-14-16-8-10-17(24)11-9-16/h2-14H,1H3,(H,26,29)(H,27,30)(H,28,31)/b25-14-. The predicted molar refractivity (Wildman–Crippen MR) is 121 cm³/mol. The Hall–Kier alpha value is -3.97. The highest BCUT2D eigenvalue weighted by Crippen LogP contribution is 2.18. The van der Waals surface area contributed by atoms with Gasteiger partial charge in [-0.1, -0.05) is 53.6 Å². The van der Waals surface area contributed by atoms with Gasteiger partial charge in [0.15, 0.2) is 0 Å². The van der Waals surface area contributed by atoms with Crippen molar-refractivity contribution in [2.75, 3.05) is 10.6 Å². The molecular formula is C23H19ClN4O3. The minimum atomic E-state index is -0.973. The minimum Gasteiger partial charge on any atom is -0.322 e. The van der Waals surface area contributed by atoms with Gasteiger partial charge in [-0.15, -0.1) is 0 Å². The van der Waals surface area contributed by atoms with Crippen molar-refractivity contribution in [3.63, 3.8) is 0 Å². The Morgan fingerprint density at radius 1 is 0.839 bits per heavy atom. The van der Waals surface area contributed by atoms with Crippen LogP contribution in [0.15, 0.2) is 77.9 Å². The largest absolute Gasteiger partial charge is 0.329 e. The lowest BCUT2D eigenvalue weighted by atomic mass is 10.1. The van der Waals surface area contributed by atoms with Crippen LogP contribution in [0.1, 0.15) is 21.5 Å². The monoisotopic (exact) mass is 434 g/mol. The molecule has 3 amide bonds. The zero-order valence-corrected chi connectivity index (χ0v) is 17.3. The van der Waals surface area contributed by atoms with Crippen molar-refractivity contribution >= 4 is 46.9 Å². The van der Waals surface area contributed by atoms with Gasteiger partial charge < -0.3 is 10.6 Å². The second-order valence-corrected chi connectivity index (χ2v) is 7.01. The summed E-state index contributed by atoms with van der Waals surface area (Å²) in [6.45, 7) is 1.95. The van der Waals surface area contributed by atoms with Crippen LogP contribution in [0.4, 0.5) is 11.4 Å². The fourth-order valence-corrected chi connectivity index (χ4v) is 2.70. The van der Waals surface area contributed by atoms with Gasteiger partial charge in [-0.2, -0.15) is 5.10 Å². The summed E-state index contributed by atoms with van der Waals surface area (Å²) in [5.41, 5.74) is 4.94. The number of anilines is 2. The molecule has 8 heteroatoms. The summed E-state index contributed by atoms with van der Waals surface area (Å²) in [6.07, 6.45) is 1.38. The first kappa shape index (κ1) is 21.7. The number of hydrazone groups is 1. The van der Waals surface area contributed by atoms with E-state index < -0.39 is 17.7 Å². The van der Waals surface area contributed by atoms with Crippen LogP contribution in [0.5, 0.6) is 0 Å². The summed E-state index contributed by atoms with van der Waals surface area (Å²) >= 11 is 5.81. The van der Waals surface area contributed by atoms with Gasteiger partial charge in [0.1, 0.15) is 0 Å². The third-order valence-electron chi connectivity index (χ3n) is 4.19. The van der Waals surface area contributed by atoms with Crippen LogP contribution in [-0.2, 0) is 9.59 Å². The molecule has 0 aliphatic rings. The Kier molecular flexibility index (Phi) is 7.13. The third-order valence-corrected chi connectivity index (χ3v) is 4.44. The van der Waals surface area contributed by atoms with Crippen molar-refractivity contribution in [2.45, 2.75) is 6.92 Å². The number of nitrogens with one attached hydrogen (secondary N) is 3. The number of hydrogen-bond acceptors (Lipinski definition) is 4. The van der Waals surface area contributed by atoms with Crippen molar-refractivity contribution in [2.24, 2.45) is 5.10 Å². The number of benzene rings is 3. The minimum absolute atomic E-state index is 0.203. The van der Waals surface area contributed by atoms with Crippen LogP contribution in [-0.4, -0.2) is 23.9 Å². The average molecular weight is 435 g/mol. The van der Waals surface area contributed by atoms with Gasteiger partial charge >= 0.3 is 11.8 Å². The summed E-state index contributed by atoms with van der Waals surface area (Å²) < 4.78 is 0. The third kappa shape index (κ3) is 6.25. The Balaban J connectivity index is 1.63. The first-order valence-electron chi connectivity index (χ1n) is 9.29. The fourth-order valence-electron chi connectivity index (χ4n) is 2.57. The predicted octanol–water partition coefficient (Wildman–Crippen LogP) is 3.99. The van der Waals surface area contributed by atoms with Gasteiger partial charge in [0.2, 0.25) is 0 Å². The first-order valence-corrected chi connectivity index (χ1v) is 9.67. The molecule has 3 rings (SSSR count). The van der Waals surface area contributed by atoms with E-state index in [1.54, 1.807) is 54.6 Å². The molecule has 0 bridgehead atoms. The van der Waals surface area contributed by atoms with E-state index in [9.17, 15) is 14.4 Å². The van der Waals surface area contributed by atoms with Gasteiger partial charge in [0.25, 0.3) is 5.91 Å². The SMILES string of the molecule is Cc1ccc(NC(=O)c2ccccc2NC(=O)C(=O)N/N=C\c2ccc(Cl)cc2)cc1.